The molecule has 412 valence electrons. The van der Waals surface area contributed by atoms with E-state index in [0.717, 1.165) is 36.1 Å². The Morgan fingerprint density at radius 2 is 0.662 bits per heavy atom. The summed E-state index contributed by atoms with van der Waals surface area (Å²) in [6.07, 6.45) is 3.50. The molecule has 0 unspecified atom stereocenters. The van der Waals surface area contributed by atoms with Crippen molar-refractivity contribution in [2.45, 2.75) is 114 Å². The van der Waals surface area contributed by atoms with Crippen LogP contribution in [0.5, 0.6) is 23.0 Å². The summed E-state index contributed by atoms with van der Waals surface area (Å²) >= 11 is 0. The van der Waals surface area contributed by atoms with Gasteiger partial charge in [0.1, 0.15) is 23.0 Å². The van der Waals surface area contributed by atoms with Crippen LogP contribution in [0.15, 0.2) is 97.1 Å². The van der Waals surface area contributed by atoms with E-state index in [4.69, 9.17) is 0 Å². The number of esters is 4. The maximum Gasteiger partial charge on any atom is 0.534 e. The average molecular weight is 1100 g/mol. The number of aromatic hydroxyl groups is 2. The second kappa shape index (κ2) is 31.2. The van der Waals surface area contributed by atoms with Gasteiger partial charge in [-0.25, -0.2) is 0 Å². The van der Waals surface area contributed by atoms with Crippen LogP contribution in [0.4, 0.5) is 26.3 Å². The number of hydrogen-bond donors (Lipinski definition) is 2. The normalized spacial score (nSPS) is 12.9. The molecule has 0 fully saturated rings. The first-order chi connectivity index (χ1) is 34.5. The second-order valence-electron chi connectivity index (χ2n) is 15.8. The Balaban J connectivity index is 0.000000501. The molecule has 4 rings (SSSR count). The predicted molar refractivity (Wildman–Crippen MR) is 259 cm³/mol. The SMILES string of the molecule is CC[C@@H](CC(=O)OC)c1cccc(O)c1.CC[C@@H](CC(=O)OC)c1cccc(OS(=O)(=O)C(F)(F)F)c1.CC[C@H](CC(=O)OC)c1cccc(O)c1.CC[C@H](CC(=O)OC)c1cccc(OS(=O)(=O)C(F)(F)F)c1. The lowest BCUT2D eigenvalue weighted by atomic mass is 9.93. The van der Waals surface area contributed by atoms with Crippen molar-refractivity contribution in [2.24, 2.45) is 0 Å². The van der Waals surface area contributed by atoms with E-state index < -0.39 is 54.7 Å². The van der Waals surface area contributed by atoms with Crippen molar-refractivity contribution in [3.8, 4) is 23.0 Å². The Bertz CT molecular complexity index is 2440. The maximum atomic E-state index is 12.3. The Hall–Kier alpha value is -6.56. The lowest BCUT2D eigenvalue weighted by molar-refractivity contribution is -0.142. The molecule has 0 aliphatic rings. The molecule has 16 nitrogen and oxygen atoms in total. The Morgan fingerprint density at radius 1 is 0.432 bits per heavy atom. The highest BCUT2D eigenvalue weighted by Gasteiger charge is 2.49. The van der Waals surface area contributed by atoms with Gasteiger partial charge in [0, 0.05) is 0 Å². The summed E-state index contributed by atoms with van der Waals surface area (Å²) in [4.78, 5) is 44.9. The van der Waals surface area contributed by atoms with Crippen LogP contribution >= 0.6 is 0 Å². The summed E-state index contributed by atoms with van der Waals surface area (Å²) in [5.41, 5.74) is -8.07. The molecule has 0 spiro atoms. The highest BCUT2D eigenvalue weighted by molar-refractivity contribution is 7.88. The standard InChI is InChI=1S/2C13H15F3O5S.2C12H16O3/c2*1-3-9(8-12(17)20-2)10-5-4-6-11(7-10)21-22(18,19)13(14,15)16;2*1-3-9(8-12(14)15-2)10-5-4-6-11(13)7-10/h2*4-7,9H,3,8H2,1-2H3;2*4-7,9,13H,3,8H2,1-2H3/t4*9-/m1010/s1. The second-order valence-corrected chi connectivity index (χ2v) is 18.9. The first-order valence-corrected chi connectivity index (χ1v) is 25.4. The Kier molecular flexibility index (Phi) is 27.6. The number of halogens is 6. The summed E-state index contributed by atoms with van der Waals surface area (Å²) in [6, 6.07) is 24.4. The van der Waals surface area contributed by atoms with Crippen molar-refractivity contribution in [2.75, 3.05) is 28.4 Å². The lowest BCUT2D eigenvalue weighted by Gasteiger charge is -2.15. The zero-order chi connectivity index (χ0) is 56.5. The molecule has 4 atom stereocenters. The van der Waals surface area contributed by atoms with Crippen molar-refractivity contribution in [1.82, 2.24) is 0 Å². The molecule has 24 heteroatoms. The van der Waals surface area contributed by atoms with E-state index in [1.54, 1.807) is 62.4 Å². The number of methoxy groups -OCH3 is 4. The van der Waals surface area contributed by atoms with Crippen molar-refractivity contribution in [3.63, 3.8) is 0 Å². The molecule has 0 amide bonds. The van der Waals surface area contributed by atoms with E-state index in [1.165, 1.54) is 52.7 Å². The molecule has 0 saturated carbocycles. The summed E-state index contributed by atoms with van der Waals surface area (Å²) in [7, 11) is -6.21. The van der Waals surface area contributed by atoms with Gasteiger partial charge in [-0.05, 0) is 120 Å². The van der Waals surface area contributed by atoms with Gasteiger partial charge in [-0.15, -0.1) is 0 Å². The van der Waals surface area contributed by atoms with Crippen molar-refractivity contribution in [1.29, 1.82) is 0 Å². The van der Waals surface area contributed by atoms with Gasteiger partial charge in [0.05, 0.1) is 54.1 Å². The van der Waals surface area contributed by atoms with E-state index >= 15 is 0 Å². The van der Waals surface area contributed by atoms with Crippen LogP contribution in [0.25, 0.3) is 0 Å². The first kappa shape index (κ1) is 65.5. The van der Waals surface area contributed by atoms with Gasteiger partial charge in [-0.2, -0.15) is 43.2 Å². The Morgan fingerprint density at radius 3 is 0.865 bits per heavy atom. The highest BCUT2D eigenvalue weighted by atomic mass is 32.2. The summed E-state index contributed by atoms with van der Waals surface area (Å²) < 4.78 is 144. The number of carbonyl (C=O) groups is 4. The monoisotopic (exact) mass is 1100 g/mol. The third-order valence-corrected chi connectivity index (χ3v) is 12.8. The summed E-state index contributed by atoms with van der Waals surface area (Å²) in [5.74, 6) is -2.23. The first-order valence-electron chi connectivity index (χ1n) is 22.6. The molecular formula is C50H62F6O16S2. The quantitative estimate of drug-likeness (QED) is 0.0275. The largest absolute Gasteiger partial charge is 0.534 e. The van der Waals surface area contributed by atoms with E-state index in [1.807, 2.05) is 26.0 Å². The molecular weight excluding hydrogens is 1030 g/mol. The highest BCUT2D eigenvalue weighted by Crippen LogP contribution is 2.33. The molecule has 0 aliphatic heterocycles. The number of ether oxygens (including phenoxy) is 4. The molecule has 74 heavy (non-hydrogen) atoms. The minimum Gasteiger partial charge on any atom is -0.508 e. The number of phenols is 2. The zero-order valence-corrected chi connectivity index (χ0v) is 43.5. The van der Waals surface area contributed by atoms with Crippen molar-refractivity contribution < 1.29 is 99.9 Å². The van der Waals surface area contributed by atoms with Crippen molar-refractivity contribution in [3.05, 3.63) is 119 Å². The van der Waals surface area contributed by atoms with Crippen LogP contribution in [0.3, 0.4) is 0 Å². The topological polar surface area (TPSA) is 232 Å². The van der Waals surface area contributed by atoms with Gasteiger partial charge < -0.3 is 37.5 Å². The average Bonchev–Trinajstić information content (AvgIpc) is 3.35. The molecule has 0 bridgehead atoms. The van der Waals surface area contributed by atoms with Crippen LogP contribution in [0.2, 0.25) is 0 Å². The van der Waals surface area contributed by atoms with Gasteiger partial charge >= 0.3 is 55.1 Å². The predicted octanol–water partition coefficient (Wildman–Crippen LogP) is 10.8. The lowest BCUT2D eigenvalue weighted by Crippen LogP contribution is -2.28. The van der Waals surface area contributed by atoms with Crippen LogP contribution in [0, 0.1) is 0 Å². The number of hydrogen-bond acceptors (Lipinski definition) is 16. The van der Waals surface area contributed by atoms with Gasteiger partial charge in [0.15, 0.2) is 0 Å². The smallest absolute Gasteiger partial charge is 0.508 e. The molecule has 0 saturated heterocycles. The Labute approximate surface area is 427 Å². The molecule has 4 aromatic rings. The summed E-state index contributed by atoms with van der Waals surface area (Å²) in [5, 5.41) is 18.7. The van der Waals surface area contributed by atoms with Gasteiger partial charge in [-0.1, -0.05) is 76.2 Å². The number of alkyl halides is 6. The van der Waals surface area contributed by atoms with Gasteiger partial charge in [0.2, 0.25) is 0 Å². The fourth-order valence-corrected chi connectivity index (χ4v) is 7.58. The van der Waals surface area contributed by atoms with Gasteiger partial charge in [-0.3, -0.25) is 19.2 Å². The maximum absolute atomic E-state index is 12.3. The fourth-order valence-electron chi connectivity index (χ4n) is 6.68. The molecule has 0 radical (unpaired) electrons. The zero-order valence-electron chi connectivity index (χ0n) is 41.9. The molecule has 0 aliphatic carbocycles. The third-order valence-electron chi connectivity index (χ3n) is 10.9. The van der Waals surface area contributed by atoms with Gasteiger partial charge in [0.25, 0.3) is 0 Å². The number of rotatable bonds is 20. The number of carbonyl (C=O) groups excluding carboxylic acids is 4. The molecule has 4 aromatic carbocycles. The number of benzene rings is 4. The molecule has 0 heterocycles. The minimum absolute atomic E-state index is 0.0302. The van der Waals surface area contributed by atoms with Crippen LogP contribution in [-0.2, 0) is 58.4 Å². The van der Waals surface area contributed by atoms with Crippen LogP contribution in [-0.4, -0.2) is 90.4 Å². The summed E-state index contributed by atoms with van der Waals surface area (Å²) in [6.45, 7) is 7.59. The number of phenolic OH excluding ortho intramolecular Hbond substituents is 2. The van der Waals surface area contributed by atoms with E-state index in [2.05, 4.69) is 27.3 Å². The minimum atomic E-state index is -5.72. The van der Waals surface area contributed by atoms with Crippen molar-refractivity contribution >= 4 is 44.1 Å². The van der Waals surface area contributed by atoms with Crippen LogP contribution in [0.1, 0.15) is 125 Å². The van der Waals surface area contributed by atoms with E-state index in [-0.39, 0.29) is 60.0 Å². The fraction of sp³-hybridized carbons (Fsp3) is 0.440. The van der Waals surface area contributed by atoms with E-state index in [9.17, 15) is 72.6 Å². The van der Waals surface area contributed by atoms with Crippen LogP contribution < -0.4 is 8.37 Å². The molecule has 2 N–H and O–H groups in total. The molecule has 0 aromatic heterocycles. The van der Waals surface area contributed by atoms with E-state index in [0.29, 0.717) is 36.8 Å². The third kappa shape index (κ3) is 22.7.